The van der Waals surface area contributed by atoms with Crippen LogP contribution in [0.4, 0.5) is 5.82 Å². The largest absolute Gasteiger partial charge is 0.461 e. The minimum Gasteiger partial charge on any atom is -0.461 e. The highest BCUT2D eigenvalue weighted by atomic mass is 32.1. The molecule has 0 saturated heterocycles. The van der Waals surface area contributed by atoms with E-state index in [4.69, 9.17) is 10.5 Å². The van der Waals surface area contributed by atoms with Gasteiger partial charge in [0.25, 0.3) is 0 Å². The summed E-state index contributed by atoms with van der Waals surface area (Å²) in [6, 6.07) is -0.0608. The lowest BCUT2D eigenvalue weighted by Crippen LogP contribution is -2.12. The standard InChI is InChI=1S/C12H16N4O2S/c1-4-18-12(17)9-10(13)16(6-14-9)8(3)11-15-7(2)5-19-11/h5-6,8H,4,13H2,1-3H3. The molecule has 19 heavy (non-hydrogen) atoms. The summed E-state index contributed by atoms with van der Waals surface area (Å²) in [7, 11) is 0. The number of rotatable bonds is 4. The van der Waals surface area contributed by atoms with Gasteiger partial charge in [-0.15, -0.1) is 11.3 Å². The van der Waals surface area contributed by atoms with E-state index in [1.807, 2.05) is 19.2 Å². The molecule has 7 heteroatoms. The smallest absolute Gasteiger partial charge is 0.360 e. The lowest BCUT2D eigenvalue weighted by atomic mass is 10.3. The number of ether oxygens (including phenoxy) is 1. The van der Waals surface area contributed by atoms with Crippen molar-refractivity contribution in [2.24, 2.45) is 0 Å². The highest BCUT2D eigenvalue weighted by molar-refractivity contribution is 7.09. The maximum Gasteiger partial charge on any atom is 0.360 e. The summed E-state index contributed by atoms with van der Waals surface area (Å²) in [6.07, 6.45) is 1.54. The van der Waals surface area contributed by atoms with Crippen molar-refractivity contribution in [1.82, 2.24) is 14.5 Å². The molecule has 1 unspecified atom stereocenters. The first-order valence-electron chi connectivity index (χ1n) is 5.96. The van der Waals surface area contributed by atoms with Gasteiger partial charge in [-0.05, 0) is 20.8 Å². The average molecular weight is 280 g/mol. The molecule has 0 radical (unpaired) electrons. The summed E-state index contributed by atoms with van der Waals surface area (Å²) >= 11 is 1.56. The fraction of sp³-hybridized carbons (Fsp3) is 0.417. The number of thiazole rings is 1. The first kappa shape index (κ1) is 13.5. The van der Waals surface area contributed by atoms with Crippen molar-refractivity contribution < 1.29 is 9.53 Å². The van der Waals surface area contributed by atoms with Crippen LogP contribution in [-0.2, 0) is 4.74 Å². The lowest BCUT2D eigenvalue weighted by Gasteiger charge is -2.12. The number of hydrogen-bond acceptors (Lipinski definition) is 6. The molecule has 0 fully saturated rings. The van der Waals surface area contributed by atoms with Crippen LogP contribution in [0, 0.1) is 6.92 Å². The van der Waals surface area contributed by atoms with E-state index in [-0.39, 0.29) is 11.7 Å². The Morgan fingerprint density at radius 1 is 1.63 bits per heavy atom. The molecule has 0 aliphatic rings. The van der Waals surface area contributed by atoms with Gasteiger partial charge in [-0.1, -0.05) is 0 Å². The normalized spacial score (nSPS) is 12.4. The zero-order valence-corrected chi connectivity index (χ0v) is 11.9. The maximum atomic E-state index is 11.7. The van der Waals surface area contributed by atoms with Gasteiger partial charge in [0.1, 0.15) is 10.8 Å². The van der Waals surface area contributed by atoms with Gasteiger partial charge in [-0.3, -0.25) is 0 Å². The number of hydrogen-bond donors (Lipinski definition) is 1. The van der Waals surface area contributed by atoms with E-state index in [0.717, 1.165) is 10.7 Å². The number of anilines is 1. The van der Waals surface area contributed by atoms with Crippen molar-refractivity contribution in [1.29, 1.82) is 0 Å². The minimum atomic E-state index is -0.499. The van der Waals surface area contributed by atoms with Gasteiger partial charge in [0.05, 0.1) is 19.0 Å². The van der Waals surface area contributed by atoms with Crippen LogP contribution in [-0.4, -0.2) is 27.1 Å². The van der Waals surface area contributed by atoms with Gasteiger partial charge in [0.15, 0.2) is 5.69 Å². The third kappa shape index (κ3) is 2.60. The lowest BCUT2D eigenvalue weighted by molar-refractivity contribution is 0.0521. The Hall–Kier alpha value is -1.89. The Balaban J connectivity index is 2.29. The molecule has 0 bridgehead atoms. The fourth-order valence-electron chi connectivity index (χ4n) is 1.72. The van der Waals surface area contributed by atoms with E-state index in [1.165, 1.54) is 0 Å². The van der Waals surface area contributed by atoms with Crippen molar-refractivity contribution >= 4 is 23.1 Å². The van der Waals surface area contributed by atoms with Crippen LogP contribution in [0.3, 0.4) is 0 Å². The second kappa shape index (κ2) is 5.40. The summed E-state index contributed by atoms with van der Waals surface area (Å²) in [4.78, 5) is 20.1. The van der Waals surface area contributed by atoms with Gasteiger partial charge in [0.2, 0.25) is 0 Å². The van der Waals surface area contributed by atoms with E-state index >= 15 is 0 Å². The molecule has 1 atom stereocenters. The molecule has 102 valence electrons. The predicted molar refractivity (Wildman–Crippen MR) is 73.3 cm³/mol. The van der Waals surface area contributed by atoms with Gasteiger partial charge >= 0.3 is 5.97 Å². The molecule has 2 aromatic heterocycles. The number of aryl methyl sites for hydroxylation is 1. The maximum absolute atomic E-state index is 11.7. The molecule has 0 aliphatic heterocycles. The second-order valence-electron chi connectivity index (χ2n) is 4.11. The third-order valence-electron chi connectivity index (χ3n) is 2.71. The molecule has 2 heterocycles. The van der Waals surface area contributed by atoms with Crippen molar-refractivity contribution in [3.8, 4) is 0 Å². The van der Waals surface area contributed by atoms with Crippen LogP contribution < -0.4 is 5.73 Å². The SMILES string of the molecule is CCOC(=O)c1ncn(C(C)c2nc(C)cs2)c1N. The number of carbonyl (C=O) groups excluding carboxylic acids is 1. The molecule has 0 saturated carbocycles. The number of carbonyl (C=O) groups is 1. The number of esters is 1. The predicted octanol–water partition coefficient (Wildman–Crippen LogP) is 2.02. The summed E-state index contributed by atoms with van der Waals surface area (Å²) in [5.74, 6) is -0.194. The Morgan fingerprint density at radius 2 is 2.37 bits per heavy atom. The van der Waals surface area contributed by atoms with Crippen LogP contribution in [0.25, 0.3) is 0 Å². The third-order valence-corrected chi connectivity index (χ3v) is 3.85. The summed E-state index contributed by atoms with van der Waals surface area (Å²) in [5, 5.41) is 2.91. The van der Waals surface area contributed by atoms with E-state index < -0.39 is 5.97 Å². The van der Waals surface area contributed by atoms with Crippen molar-refractivity contribution in [3.63, 3.8) is 0 Å². The summed E-state index contributed by atoms with van der Waals surface area (Å²) in [5.41, 5.74) is 7.08. The molecule has 2 rings (SSSR count). The number of nitrogen functional groups attached to an aromatic ring is 1. The highest BCUT2D eigenvalue weighted by Gasteiger charge is 2.21. The molecule has 2 N–H and O–H groups in total. The molecule has 0 aliphatic carbocycles. The van der Waals surface area contributed by atoms with Crippen molar-refractivity contribution in [2.75, 3.05) is 12.3 Å². The molecular formula is C12H16N4O2S. The zero-order valence-electron chi connectivity index (χ0n) is 11.1. The molecular weight excluding hydrogens is 264 g/mol. The molecule has 0 amide bonds. The molecule has 0 aromatic carbocycles. The number of nitrogens with two attached hydrogens (primary N) is 1. The van der Waals surface area contributed by atoms with Crippen LogP contribution in [0.15, 0.2) is 11.7 Å². The average Bonchev–Trinajstić information content (AvgIpc) is 2.95. The minimum absolute atomic E-state index is 0.0608. The van der Waals surface area contributed by atoms with Gasteiger partial charge in [0, 0.05) is 11.1 Å². The van der Waals surface area contributed by atoms with Gasteiger partial charge in [-0.25, -0.2) is 14.8 Å². The van der Waals surface area contributed by atoms with Crippen molar-refractivity contribution in [2.45, 2.75) is 26.8 Å². The van der Waals surface area contributed by atoms with E-state index in [2.05, 4.69) is 9.97 Å². The van der Waals surface area contributed by atoms with Crippen molar-refractivity contribution in [3.05, 3.63) is 28.1 Å². The van der Waals surface area contributed by atoms with Gasteiger partial charge < -0.3 is 15.0 Å². The number of imidazole rings is 1. The summed E-state index contributed by atoms with van der Waals surface area (Å²) < 4.78 is 6.63. The van der Waals surface area contributed by atoms with Gasteiger partial charge in [-0.2, -0.15) is 0 Å². The number of nitrogens with zero attached hydrogens (tertiary/aromatic N) is 3. The highest BCUT2D eigenvalue weighted by Crippen LogP contribution is 2.25. The molecule has 6 nitrogen and oxygen atoms in total. The van der Waals surface area contributed by atoms with E-state index in [1.54, 1.807) is 29.2 Å². The van der Waals surface area contributed by atoms with Crippen LogP contribution in [0.2, 0.25) is 0 Å². The van der Waals surface area contributed by atoms with Crippen LogP contribution in [0.1, 0.15) is 41.1 Å². The zero-order chi connectivity index (χ0) is 14.0. The first-order valence-corrected chi connectivity index (χ1v) is 6.84. The Morgan fingerprint density at radius 3 is 2.95 bits per heavy atom. The van der Waals surface area contributed by atoms with E-state index in [0.29, 0.717) is 12.4 Å². The Bertz CT molecular complexity index is 590. The first-order chi connectivity index (χ1) is 9.04. The molecule has 2 aromatic rings. The van der Waals surface area contributed by atoms with E-state index in [9.17, 15) is 4.79 Å². The molecule has 0 spiro atoms. The second-order valence-corrected chi connectivity index (χ2v) is 5.00. The Kier molecular flexibility index (Phi) is 3.84. The topological polar surface area (TPSA) is 83.0 Å². The van der Waals surface area contributed by atoms with Crippen LogP contribution in [0.5, 0.6) is 0 Å². The summed E-state index contributed by atoms with van der Waals surface area (Å²) in [6.45, 7) is 5.94. The quantitative estimate of drug-likeness (QED) is 0.866. The van der Waals surface area contributed by atoms with Crippen LogP contribution >= 0.6 is 11.3 Å². The number of aromatic nitrogens is 3. The fourth-order valence-corrected chi connectivity index (χ4v) is 2.57. The Labute approximate surface area is 115 Å². The monoisotopic (exact) mass is 280 g/mol.